The summed E-state index contributed by atoms with van der Waals surface area (Å²) >= 11 is 1.80. The van der Waals surface area contributed by atoms with Crippen molar-refractivity contribution < 1.29 is 4.52 Å². The molecular formula is C16H22N4OS. The summed E-state index contributed by atoms with van der Waals surface area (Å²) < 4.78 is 5.39. The van der Waals surface area contributed by atoms with Gasteiger partial charge in [0.15, 0.2) is 5.82 Å². The minimum atomic E-state index is 0.216. The Morgan fingerprint density at radius 3 is 2.91 bits per heavy atom. The van der Waals surface area contributed by atoms with E-state index in [-0.39, 0.29) is 6.04 Å². The van der Waals surface area contributed by atoms with E-state index in [4.69, 9.17) is 4.52 Å². The van der Waals surface area contributed by atoms with Crippen LogP contribution in [-0.4, -0.2) is 41.7 Å². The Morgan fingerprint density at radius 2 is 2.14 bits per heavy atom. The van der Waals surface area contributed by atoms with Crippen LogP contribution in [0.4, 0.5) is 0 Å². The maximum Gasteiger partial charge on any atom is 0.236 e. The molecule has 0 amide bonds. The van der Waals surface area contributed by atoms with Crippen molar-refractivity contribution in [2.45, 2.75) is 24.5 Å². The van der Waals surface area contributed by atoms with E-state index in [0.717, 1.165) is 37.0 Å². The first-order valence-electron chi connectivity index (χ1n) is 7.59. The monoisotopic (exact) mass is 318 g/mol. The molecule has 22 heavy (non-hydrogen) atoms. The Hall–Kier alpha value is -1.37. The maximum atomic E-state index is 5.39. The van der Waals surface area contributed by atoms with E-state index in [0.29, 0.717) is 5.89 Å². The van der Waals surface area contributed by atoms with Crippen molar-refractivity contribution in [3.05, 3.63) is 47.1 Å². The van der Waals surface area contributed by atoms with Crippen molar-refractivity contribution in [1.29, 1.82) is 0 Å². The number of thioether (sulfide) groups is 1. The van der Waals surface area contributed by atoms with E-state index >= 15 is 0 Å². The summed E-state index contributed by atoms with van der Waals surface area (Å²) in [5.74, 6) is 3.22. The third-order valence-electron chi connectivity index (χ3n) is 3.91. The highest BCUT2D eigenvalue weighted by atomic mass is 32.2. The van der Waals surface area contributed by atoms with Crippen LogP contribution < -0.4 is 5.32 Å². The summed E-state index contributed by atoms with van der Waals surface area (Å²) in [6.45, 7) is 5.01. The number of piperazine rings is 1. The average Bonchev–Trinajstić information content (AvgIpc) is 2.98. The highest BCUT2D eigenvalue weighted by molar-refractivity contribution is 7.97. The Labute approximate surface area is 135 Å². The van der Waals surface area contributed by atoms with Crippen LogP contribution in [0.5, 0.6) is 0 Å². The summed E-state index contributed by atoms with van der Waals surface area (Å²) in [6, 6.07) is 8.85. The molecule has 0 radical (unpaired) electrons. The maximum absolute atomic E-state index is 5.39. The highest BCUT2D eigenvalue weighted by Crippen LogP contribution is 2.21. The third kappa shape index (κ3) is 3.88. The molecule has 1 N–H and O–H groups in total. The van der Waals surface area contributed by atoms with Gasteiger partial charge in [0.25, 0.3) is 0 Å². The van der Waals surface area contributed by atoms with Gasteiger partial charge < -0.3 is 9.84 Å². The van der Waals surface area contributed by atoms with E-state index in [1.807, 2.05) is 0 Å². The Bertz CT molecular complexity index is 598. The van der Waals surface area contributed by atoms with Crippen molar-refractivity contribution >= 4 is 11.8 Å². The lowest BCUT2D eigenvalue weighted by Gasteiger charge is -2.30. The van der Waals surface area contributed by atoms with Gasteiger partial charge in [-0.1, -0.05) is 35.0 Å². The zero-order chi connectivity index (χ0) is 15.4. The molecule has 1 aromatic heterocycles. The number of rotatable bonds is 5. The summed E-state index contributed by atoms with van der Waals surface area (Å²) in [5.41, 5.74) is 2.62. The first kappa shape index (κ1) is 15.5. The smallest absolute Gasteiger partial charge is 0.236 e. The van der Waals surface area contributed by atoms with E-state index in [2.05, 4.69) is 58.6 Å². The lowest BCUT2D eigenvalue weighted by atomic mass is 10.2. The Morgan fingerprint density at radius 1 is 1.32 bits per heavy atom. The number of aromatic nitrogens is 2. The van der Waals surface area contributed by atoms with E-state index in [1.165, 1.54) is 11.1 Å². The summed E-state index contributed by atoms with van der Waals surface area (Å²) in [5, 5.41) is 7.52. The number of nitrogens with zero attached hydrogens (tertiary/aromatic N) is 3. The molecule has 2 aromatic rings. The van der Waals surface area contributed by atoms with Crippen LogP contribution >= 0.6 is 11.8 Å². The van der Waals surface area contributed by atoms with Gasteiger partial charge in [-0.2, -0.15) is 4.98 Å². The zero-order valence-corrected chi connectivity index (χ0v) is 13.9. The summed E-state index contributed by atoms with van der Waals surface area (Å²) in [7, 11) is 2.10. The van der Waals surface area contributed by atoms with Crippen LogP contribution in [0.15, 0.2) is 28.8 Å². The molecule has 1 unspecified atom stereocenters. The molecule has 5 nitrogen and oxygen atoms in total. The zero-order valence-electron chi connectivity index (χ0n) is 13.1. The molecule has 1 atom stereocenters. The minimum absolute atomic E-state index is 0.216. The number of hydrogen-bond acceptors (Lipinski definition) is 6. The fourth-order valence-electron chi connectivity index (χ4n) is 2.50. The molecule has 1 aliphatic rings. The molecule has 0 aliphatic carbocycles. The Balaban J connectivity index is 1.52. The van der Waals surface area contributed by atoms with Gasteiger partial charge in [0.2, 0.25) is 5.89 Å². The second-order valence-corrected chi connectivity index (χ2v) is 6.71. The second-order valence-electron chi connectivity index (χ2n) is 5.73. The standard InChI is InChI=1S/C16H22N4OS/c1-12-3-5-13(6-4-12)10-22-11-15-18-16(19-21-15)14-9-17-7-8-20(14)2/h3-6,14,17H,7-11H2,1-2H3. The van der Waals surface area contributed by atoms with Gasteiger partial charge in [-0.25, -0.2) is 0 Å². The quantitative estimate of drug-likeness (QED) is 0.913. The molecule has 3 rings (SSSR count). The number of aryl methyl sites for hydroxylation is 1. The largest absolute Gasteiger partial charge is 0.338 e. The van der Waals surface area contributed by atoms with Crippen LogP contribution in [0.3, 0.4) is 0 Å². The van der Waals surface area contributed by atoms with Crippen molar-refractivity contribution in [2.24, 2.45) is 0 Å². The fraction of sp³-hybridized carbons (Fsp3) is 0.500. The molecule has 1 aliphatic heterocycles. The second kappa shape index (κ2) is 7.26. The number of benzene rings is 1. The molecule has 1 saturated heterocycles. The number of hydrogen-bond donors (Lipinski definition) is 1. The van der Waals surface area contributed by atoms with E-state index < -0.39 is 0 Å². The predicted molar refractivity (Wildman–Crippen MR) is 88.7 cm³/mol. The van der Waals surface area contributed by atoms with Crippen LogP contribution in [0.1, 0.15) is 28.9 Å². The van der Waals surface area contributed by atoms with Crippen molar-refractivity contribution in [3.63, 3.8) is 0 Å². The Kier molecular flexibility index (Phi) is 5.12. The lowest BCUT2D eigenvalue weighted by molar-refractivity contribution is 0.190. The average molecular weight is 318 g/mol. The van der Waals surface area contributed by atoms with Crippen LogP contribution in [-0.2, 0) is 11.5 Å². The van der Waals surface area contributed by atoms with E-state index in [1.54, 1.807) is 11.8 Å². The molecule has 1 fully saturated rings. The molecule has 118 valence electrons. The van der Waals surface area contributed by atoms with Crippen molar-refractivity contribution in [2.75, 3.05) is 26.7 Å². The molecule has 2 heterocycles. The van der Waals surface area contributed by atoms with Gasteiger partial charge in [-0.3, -0.25) is 4.90 Å². The normalized spacial score (nSPS) is 19.5. The number of likely N-dealkylation sites (N-methyl/N-ethyl adjacent to an activating group) is 1. The van der Waals surface area contributed by atoms with Gasteiger partial charge in [-0.05, 0) is 19.5 Å². The summed E-state index contributed by atoms with van der Waals surface area (Å²) in [4.78, 5) is 6.82. The first-order chi connectivity index (χ1) is 10.7. The van der Waals surface area contributed by atoms with Gasteiger partial charge in [0.1, 0.15) is 0 Å². The number of nitrogens with one attached hydrogen (secondary N) is 1. The van der Waals surface area contributed by atoms with Crippen molar-refractivity contribution in [3.8, 4) is 0 Å². The SMILES string of the molecule is Cc1ccc(CSCc2nc(C3CNCCN3C)no2)cc1. The minimum Gasteiger partial charge on any atom is -0.338 e. The van der Waals surface area contributed by atoms with E-state index in [9.17, 15) is 0 Å². The highest BCUT2D eigenvalue weighted by Gasteiger charge is 2.25. The molecule has 6 heteroatoms. The van der Waals surface area contributed by atoms with Gasteiger partial charge >= 0.3 is 0 Å². The van der Waals surface area contributed by atoms with Crippen LogP contribution in [0.25, 0.3) is 0 Å². The first-order valence-corrected chi connectivity index (χ1v) is 8.74. The lowest BCUT2D eigenvalue weighted by Crippen LogP contribution is -2.44. The van der Waals surface area contributed by atoms with Gasteiger partial charge in [-0.15, -0.1) is 11.8 Å². The topological polar surface area (TPSA) is 54.2 Å². The van der Waals surface area contributed by atoms with Crippen LogP contribution in [0.2, 0.25) is 0 Å². The summed E-state index contributed by atoms with van der Waals surface area (Å²) in [6.07, 6.45) is 0. The molecular weight excluding hydrogens is 296 g/mol. The third-order valence-corrected chi connectivity index (χ3v) is 4.90. The van der Waals surface area contributed by atoms with Crippen molar-refractivity contribution in [1.82, 2.24) is 20.4 Å². The molecule has 1 aromatic carbocycles. The molecule has 0 bridgehead atoms. The van der Waals surface area contributed by atoms with Gasteiger partial charge in [0, 0.05) is 25.4 Å². The predicted octanol–water partition coefficient (Wildman–Crippen LogP) is 2.39. The van der Waals surface area contributed by atoms with Gasteiger partial charge in [0.05, 0.1) is 11.8 Å². The fourth-order valence-corrected chi connectivity index (χ4v) is 3.32. The molecule has 0 saturated carbocycles. The van der Waals surface area contributed by atoms with Crippen LogP contribution in [0, 0.1) is 6.92 Å². The molecule has 0 spiro atoms.